The number of rotatable bonds is 1. The number of anilines is 1. The second-order valence-corrected chi connectivity index (χ2v) is 5.38. The first kappa shape index (κ1) is 13.5. The van der Waals surface area contributed by atoms with Gasteiger partial charge in [0.2, 0.25) is 0 Å². The first-order valence-electron chi connectivity index (χ1n) is 5.67. The summed E-state index contributed by atoms with van der Waals surface area (Å²) in [6, 6.07) is 0. The van der Waals surface area contributed by atoms with Crippen molar-refractivity contribution in [2.45, 2.75) is 6.18 Å². The molecule has 0 aromatic carbocycles. The van der Waals surface area contributed by atoms with Gasteiger partial charge in [-0.3, -0.25) is 0 Å². The lowest BCUT2D eigenvalue weighted by atomic mass is 10.3. The van der Waals surface area contributed by atoms with E-state index in [-0.39, 0.29) is 29.5 Å². The van der Waals surface area contributed by atoms with Crippen LogP contribution in [0.15, 0.2) is 10.8 Å². The maximum atomic E-state index is 13.1. The Morgan fingerprint density at radius 1 is 1.25 bits per heavy atom. The summed E-state index contributed by atoms with van der Waals surface area (Å²) >= 11 is 6.17. The van der Waals surface area contributed by atoms with Crippen LogP contribution in [0.2, 0.25) is 0 Å². The van der Waals surface area contributed by atoms with E-state index in [0.717, 1.165) is 0 Å². The number of nitrogens with zero attached hydrogens (tertiary/aromatic N) is 3. The fourth-order valence-electron chi connectivity index (χ4n) is 1.93. The molecule has 2 aromatic rings. The molecule has 0 atom stereocenters. The Morgan fingerprint density at radius 3 is 2.60 bits per heavy atom. The summed E-state index contributed by atoms with van der Waals surface area (Å²) in [6.45, 7) is 0.662. The molecule has 9 heteroatoms. The van der Waals surface area contributed by atoms with Crippen LogP contribution in [0.4, 0.5) is 19.0 Å². The van der Waals surface area contributed by atoms with Crippen LogP contribution in [0, 0.1) is 0 Å². The SMILES string of the molecule is FC(F)(F)c1nc2cscc2nc1N1CCOC(=S)C1. The van der Waals surface area contributed by atoms with Crippen molar-refractivity contribution in [3.63, 3.8) is 0 Å². The molecular weight excluding hydrogens is 311 g/mol. The molecule has 20 heavy (non-hydrogen) atoms. The molecule has 1 saturated heterocycles. The zero-order valence-electron chi connectivity index (χ0n) is 9.98. The first-order valence-corrected chi connectivity index (χ1v) is 7.02. The van der Waals surface area contributed by atoms with E-state index in [9.17, 15) is 13.2 Å². The van der Waals surface area contributed by atoms with E-state index in [4.69, 9.17) is 17.0 Å². The first-order chi connectivity index (χ1) is 9.45. The monoisotopic (exact) mass is 319 g/mol. The predicted molar refractivity (Wildman–Crippen MR) is 73.2 cm³/mol. The van der Waals surface area contributed by atoms with Crippen molar-refractivity contribution < 1.29 is 17.9 Å². The Kier molecular flexibility index (Phi) is 3.25. The van der Waals surface area contributed by atoms with Gasteiger partial charge in [0.25, 0.3) is 0 Å². The van der Waals surface area contributed by atoms with Gasteiger partial charge in [0, 0.05) is 10.8 Å². The topological polar surface area (TPSA) is 38.2 Å². The lowest BCUT2D eigenvalue weighted by Crippen LogP contribution is -2.40. The molecule has 2 aromatic heterocycles. The number of aromatic nitrogens is 2. The fourth-order valence-corrected chi connectivity index (χ4v) is 2.84. The lowest BCUT2D eigenvalue weighted by Gasteiger charge is -2.29. The summed E-state index contributed by atoms with van der Waals surface area (Å²) in [5, 5.41) is 3.48. The Bertz CT molecular complexity index is 670. The van der Waals surface area contributed by atoms with Crippen LogP contribution >= 0.6 is 23.6 Å². The van der Waals surface area contributed by atoms with Gasteiger partial charge in [-0.25, -0.2) is 9.97 Å². The third-order valence-corrected chi connectivity index (χ3v) is 3.77. The second-order valence-electron chi connectivity index (χ2n) is 4.18. The third-order valence-electron chi connectivity index (χ3n) is 2.80. The molecule has 0 unspecified atom stereocenters. The largest absolute Gasteiger partial charge is 0.483 e. The molecule has 0 N–H and O–H groups in total. The summed E-state index contributed by atoms with van der Waals surface area (Å²) in [5.74, 6) is -0.186. The molecule has 4 nitrogen and oxygen atoms in total. The smallest absolute Gasteiger partial charge is 0.437 e. The van der Waals surface area contributed by atoms with Crippen molar-refractivity contribution in [3.8, 4) is 0 Å². The van der Waals surface area contributed by atoms with Gasteiger partial charge in [0.15, 0.2) is 16.6 Å². The number of alkyl halides is 3. The zero-order chi connectivity index (χ0) is 14.3. The van der Waals surface area contributed by atoms with Gasteiger partial charge in [-0.2, -0.15) is 13.2 Å². The Balaban J connectivity index is 2.13. The van der Waals surface area contributed by atoms with E-state index in [1.807, 2.05) is 0 Å². The van der Waals surface area contributed by atoms with E-state index in [1.165, 1.54) is 16.2 Å². The highest BCUT2D eigenvalue weighted by atomic mass is 32.1. The highest BCUT2D eigenvalue weighted by Crippen LogP contribution is 2.36. The van der Waals surface area contributed by atoms with Crippen LogP contribution in [0.5, 0.6) is 0 Å². The third kappa shape index (κ3) is 2.42. The molecular formula is C11H8F3N3OS2. The van der Waals surface area contributed by atoms with E-state index < -0.39 is 11.9 Å². The molecule has 0 radical (unpaired) electrons. The van der Waals surface area contributed by atoms with Crippen molar-refractivity contribution in [1.29, 1.82) is 0 Å². The molecule has 1 aliphatic heterocycles. The summed E-state index contributed by atoms with van der Waals surface area (Å²) in [4.78, 5) is 9.26. The quantitative estimate of drug-likeness (QED) is 0.756. The maximum absolute atomic E-state index is 13.1. The molecule has 0 saturated carbocycles. The number of hydrogen-bond donors (Lipinski definition) is 0. The van der Waals surface area contributed by atoms with Crippen molar-refractivity contribution in [2.24, 2.45) is 0 Å². The summed E-state index contributed by atoms with van der Waals surface area (Å²) in [7, 11) is 0. The molecule has 3 heterocycles. The van der Waals surface area contributed by atoms with Gasteiger partial charge in [0.1, 0.15) is 17.6 Å². The zero-order valence-corrected chi connectivity index (χ0v) is 11.6. The summed E-state index contributed by atoms with van der Waals surface area (Å²) < 4.78 is 44.5. The highest BCUT2D eigenvalue weighted by molar-refractivity contribution is 7.80. The van der Waals surface area contributed by atoms with Crippen LogP contribution in [0.3, 0.4) is 0 Å². The molecule has 0 aliphatic carbocycles. The Morgan fingerprint density at radius 2 is 1.95 bits per heavy atom. The lowest BCUT2D eigenvalue weighted by molar-refractivity contribution is -0.140. The average molecular weight is 319 g/mol. The predicted octanol–water partition coefficient (Wildman–Crippen LogP) is 2.87. The van der Waals surface area contributed by atoms with E-state index in [2.05, 4.69) is 9.97 Å². The standard InChI is InChI=1S/C11H8F3N3OS2/c12-11(13,14)9-10(17-1-2-18-8(19)3-17)16-7-5-20-4-6(7)15-9/h4-5H,1-3H2. The minimum atomic E-state index is -4.56. The van der Waals surface area contributed by atoms with Crippen LogP contribution < -0.4 is 4.90 Å². The number of thiophene rings is 1. The van der Waals surface area contributed by atoms with E-state index in [0.29, 0.717) is 12.1 Å². The molecule has 1 aliphatic rings. The average Bonchev–Trinajstić information content (AvgIpc) is 2.83. The maximum Gasteiger partial charge on any atom is 0.437 e. The minimum absolute atomic E-state index is 0.114. The Hall–Kier alpha value is -1.48. The van der Waals surface area contributed by atoms with Gasteiger partial charge in [-0.1, -0.05) is 0 Å². The molecule has 0 bridgehead atoms. The van der Waals surface area contributed by atoms with E-state index >= 15 is 0 Å². The number of halogens is 3. The summed E-state index contributed by atoms with van der Waals surface area (Å²) in [6.07, 6.45) is -4.56. The number of morpholine rings is 1. The normalized spacial score (nSPS) is 16.6. The van der Waals surface area contributed by atoms with Crippen molar-refractivity contribution in [1.82, 2.24) is 9.97 Å². The van der Waals surface area contributed by atoms with Crippen LogP contribution in [-0.4, -0.2) is 34.7 Å². The van der Waals surface area contributed by atoms with Gasteiger partial charge in [0.05, 0.1) is 13.1 Å². The van der Waals surface area contributed by atoms with Gasteiger partial charge in [-0.05, 0) is 12.2 Å². The van der Waals surface area contributed by atoms with Gasteiger partial charge < -0.3 is 9.64 Å². The minimum Gasteiger partial charge on any atom is -0.483 e. The van der Waals surface area contributed by atoms with Crippen LogP contribution in [0.25, 0.3) is 11.0 Å². The molecule has 0 spiro atoms. The van der Waals surface area contributed by atoms with E-state index in [1.54, 1.807) is 10.8 Å². The number of thiocarbonyl (C=S) groups is 1. The number of ether oxygens (including phenoxy) is 1. The molecule has 3 rings (SSSR count). The molecule has 106 valence electrons. The second kappa shape index (κ2) is 4.81. The van der Waals surface area contributed by atoms with Crippen molar-refractivity contribution in [3.05, 3.63) is 16.5 Å². The molecule has 1 fully saturated rings. The van der Waals surface area contributed by atoms with Crippen LogP contribution in [0.1, 0.15) is 5.69 Å². The van der Waals surface area contributed by atoms with Crippen molar-refractivity contribution >= 4 is 45.5 Å². The number of hydrogen-bond acceptors (Lipinski definition) is 6. The Labute approximate surface area is 121 Å². The van der Waals surface area contributed by atoms with Crippen molar-refractivity contribution in [2.75, 3.05) is 24.6 Å². The molecule has 0 amide bonds. The fraction of sp³-hybridized carbons (Fsp3) is 0.364. The summed E-state index contributed by atoms with van der Waals surface area (Å²) in [5.41, 5.74) is -0.273. The highest BCUT2D eigenvalue weighted by Gasteiger charge is 2.39. The van der Waals surface area contributed by atoms with Gasteiger partial charge in [-0.15, -0.1) is 11.3 Å². The van der Waals surface area contributed by atoms with Crippen LogP contribution in [-0.2, 0) is 10.9 Å². The van der Waals surface area contributed by atoms with Gasteiger partial charge >= 0.3 is 6.18 Å². The number of fused-ring (bicyclic) bond motifs is 1.